The Kier molecular flexibility index (Phi) is 7.35. The number of hydrogen-bond acceptors (Lipinski definition) is 0. The van der Waals surface area contributed by atoms with Crippen LogP contribution in [0.5, 0.6) is 0 Å². The second kappa shape index (κ2) is 12.9. The zero-order chi connectivity index (χ0) is 37.5. The van der Waals surface area contributed by atoms with Gasteiger partial charge in [-0.3, -0.25) is 0 Å². The summed E-state index contributed by atoms with van der Waals surface area (Å²) in [6.45, 7) is 0. The van der Waals surface area contributed by atoms with Crippen molar-refractivity contribution in [2.75, 3.05) is 0 Å². The molecule has 11 aromatic carbocycles. The van der Waals surface area contributed by atoms with E-state index in [1.54, 1.807) is 0 Å². The Hall–Kier alpha value is -6.76. The second-order valence-corrected chi connectivity index (χ2v) is 17.3. The molecule has 0 amide bonds. The minimum atomic E-state index is 0.170. The first-order chi connectivity index (χ1) is 28.3. The van der Waals surface area contributed by atoms with Gasteiger partial charge in [-0.05, 0) is 0 Å². The normalized spacial score (nSPS) is 11.9. The van der Waals surface area contributed by atoms with Crippen LogP contribution in [0.15, 0.2) is 206 Å². The summed E-state index contributed by atoms with van der Waals surface area (Å²) >= 11 is 0.170. The summed E-state index contributed by atoms with van der Waals surface area (Å²) in [4.78, 5) is 0. The molecule has 1 heteroatoms. The van der Waals surface area contributed by atoms with Gasteiger partial charge in [-0.15, -0.1) is 0 Å². The van der Waals surface area contributed by atoms with Crippen LogP contribution < -0.4 is 0 Å². The van der Waals surface area contributed by atoms with E-state index >= 15 is 0 Å². The Labute approximate surface area is 336 Å². The van der Waals surface area contributed by atoms with Crippen LogP contribution in [0.2, 0.25) is 0 Å². The maximum absolute atomic E-state index is 2.39. The molecule has 0 nitrogen and oxygen atoms in total. The van der Waals surface area contributed by atoms with Gasteiger partial charge in [0.15, 0.2) is 0 Å². The summed E-state index contributed by atoms with van der Waals surface area (Å²) in [5.41, 5.74) is 10.4. The van der Waals surface area contributed by atoms with Gasteiger partial charge in [-0.25, -0.2) is 0 Å². The van der Waals surface area contributed by atoms with Crippen LogP contribution >= 0.6 is 0 Å². The van der Waals surface area contributed by atoms with Gasteiger partial charge < -0.3 is 0 Å². The van der Waals surface area contributed by atoms with Crippen molar-refractivity contribution < 1.29 is 0 Å². The molecular formula is C56H34Se. The summed E-state index contributed by atoms with van der Waals surface area (Å²) in [7, 11) is 0. The molecule has 0 fully saturated rings. The fourth-order valence-corrected chi connectivity index (χ4v) is 12.1. The molecule has 57 heavy (non-hydrogen) atoms. The van der Waals surface area contributed by atoms with Gasteiger partial charge in [0.05, 0.1) is 0 Å². The quantitative estimate of drug-likeness (QED) is 0.123. The Morgan fingerprint density at radius 3 is 1.11 bits per heavy atom. The van der Waals surface area contributed by atoms with E-state index in [2.05, 4.69) is 206 Å². The average Bonchev–Trinajstić information content (AvgIpc) is 3.67. The van der Waals surface area contributed by atoms with Crippen LogP contribution in [-0.4, -0.2) is 14.5 Å². The van der Waals surface area contributed by atoms with Gasteiger partial charge in [0.2, 0.25) is 0 Å². The van der Waals surface area contributed by atoms with Gasteiger partial charge in [0, 0.05) is 0 Å². The molecule has 0 aliphatic carbocycles. The van der Waals surface area contributed by atoms with E-state index in [1.165, 1.54) is 118 Å². The molecule has 0 N–H and O–H groups in total. The maximum atomic E-state index is 2.39. The molecule has 1 aromatic heterocycles. The van der Waals surface area contributed by atoms with Gasteiger partial charge >= 0.3 is 332 Å². The predicted octanol–water partition coefficient (Wildman–Crippen LogP) is 15.5. The monoisotopic (exact) mass is 786 g/mol. The topological polar surface area (TPSA) is 0 Å². The van der Waals surface area contributed by atoms with Crippen molar-refractivity contribution in [2.24, 2.45) is 0 Å². The Morgan fingerprint density at radius 2 is 0.632 bits per heavy atom. The molecule has 12 aromatic rings. The van der Waals surface area contributed by atoms with Crippen molar-refractivity contribution in [3.8, 4) is 44.5 Å². The SMILES string of the molecule is c1ccc(-c2c3ccccc3c(-c3cccc4[se]c5cccc(-c6c7ccccc7c(-c7ccc8ccccc8c7)c7ccccc67)c5c34)c3ccccc23)cc1. The van der Waals surface area contributed by atoms with Crippen LogP contribution in [0, 0.1) is 0 Å². The summed E-state index contributed by atoms with van der Waals surface area (Å²) in [6.07, 6.45) is 0. The molecular weight excluding hydrogens is 752 g/mol. The number of rotatable bonds is 4. The molecule has 0 spiro atoms. The second-order valence-electron chi connectivity index (χ2n) is 15.1. The van der Waals surface area contributed by atoms with Crippen molar-refractivity contribution >= 4 is 87.7 Å². The van der Waals surface area contributed by atoms with E-state index in [0.717, 1.165) is 0 Å². The van der Waals surface area contributed by atoms with E-state index in [4.69, 9.17) is 0 Å². The fraction of sp³-hybridized carbons (Fsp3) is 0. The minimum absolute atomic E-state index is 0.170. The van der Waals surface area contributed by atoms with Crippen molar-refractivity contribution in [1.82, 2.24) is 0 Å². The third kappa shape index (κ3) is 4.93. The first-order valence-electron chi connectivity index (χ1n) is 19.7. The summed E-state index contributed by atoms with van der Waals surface area (Å²) in [5, 5.41) is 15.6. The van der Waals surface area contributed by atoms with Crippen LogP contribution in [0.25, 0.3) is 118 Å². The molecule has 0 aliphatic rings. The Morgan fingerprint density at radius 1 is 0.246 bits per heavy atom. The summed E-state index contributed by atoms with van der Waals surface area (Å²) in [6, 6.07) is 76.9. The molecule has 0 bridgehead atoms. The van der Waals surface area contributed by atoms with Crippen molar-refractivity contribution in [2.45, 2.75) is 0 Å². The molecule has 12 rings (SSSR count). The molecule has 0 unspecified atom stereocenters. The number of hydrogen-bond donors (Lipinski definition) is 0. The number of fused-ring (bicyclic) bond motifs is 8. The van der Waals surface area contributed by atoms with E-state index < -0.39 is 0 Å². The number of benzene rings is 11. The van der Waals surface area contributed by atoms with Crippen LogP contribution in [0.4, 0.5) is 0 Å². The molecule has 0 atom stereocenters. The van der Waals surface area contributed by atoms with Gasteiger partial charge in [-0.1, -0.05) is 6.07 Å². The Bertz CT molecular complexity index is 3460. The van der Waals surface area contributed by atoms with E-state index in [-0.39, 0.29) is 14.5 Å². The van der Waals surface area contributed by atoms with Crippen molar-refractivity contribution in [3.05, 3.63) is 206 Å². The zero-order valence-electron chi connectivity index (χ0n) is 31.0. The van der Waals surface area contributed by atoms with Crippen molar-refractivity contribution in [3.63, 3.8) is 0 Å². The molecule has 1 heterocycles. The molecule has 0 saturated carbocycles. The van der Waals surface area contributed by atoms with Gasteiger partial charge in [-0.2, -0.15) is 0 Å². The fourth-order valence-electron chi connectivity index (χ4n) is 9.69. The third-order valence-corrected chi connectivity index (χ3v) is 14.4. The molecule has 0 radical (unpaired) electrons. The summed E-state index contributed by atoms with van der Waals surface area (Å²) in [5.74, 6) is 0. The third-order valence-electron chi connectivity index (χ3n) is 12.0. The van der Waals surface area contributed by atoms with Gasteiger partial charge in [0.25, 0.3) is 0 Å². The first-order valence-corrected chi connectivity index (χ1v) is 21.4. The molecule has 0 aliphatic heterocycles. The van der Waals surface area contributed by atoms with Crippen LogP contribution in [-0.2, 0) is 0 Å². The predicted molar refractivity (Wildman–Crippen MR) is 248 cm³/mol. The molecule has 264 valence electrons. The van der Waals surface area contributed by atoms with Crippen molar-refractivity contribution in [1.29, 1.82) is 0 Å². The zero-order valence-corrected chi connectivity index (χ0v) is 32.8. The van der Waals surface area contributed by atoms with E-state index in [9.17, 15) is 0 Å². The summed E-state index contributed by atoms with van der Waals surface area (Å²) < 4.78 is 2.90. The molecule has 0 saturated heterocycles. The van der Waals surface area contributed by atoms with Crippen LogP contribution in [0.3, 0.4) is 0 Å². The van der Waals surface area contributed by atoms with E-state index in [1.807, 2.05) is 0 Å². The average molecular weight is 786 g/mol. The van der Waals surface area contributed by atoms with Gasteiger partial charge in [0.1, 0.15) is 0 Å². The first kappa shape index (κ1) is 32.5. The standard InChI is InChI=1S/C56H34Se/c1-2-17-36(18-3-1)51-39-20-6-10-24-43(39)53(44-25-11-7-21-40(44)51)47-28-14-30-49-55(47)56-48(29-15-31-50(56)57-49)54-45-26-12-8-22-41(45)52(42-23-9-13-27-46(42)54)38-33-32-35-16-4-5-19-37(35)34-38/h1-34H. The Balaban J connectivity index is 1.20. The van der Waals surface area contributed by atoms with E-state index in [0.29, 0.717) is 0 Å². The van der Waals surface area contributed by atoms with Crippen LogP contribution in [0.1, 0.15) is 0 Å².